The molecule has 0 aliphatic carbocycles. The predicted octanol–water partition coefficient (Wildman–Crippen LogP) is 2.53. The summed E-state index contributed by atoms with van der Waals surface area (Å²) in [5.74, 6) is 1.70. The van der Waals surface area contributed by atoms with Gasteiger partial charge in [0.25, 0.3) is 0 Å². The van der Waals surface area contributed by atoms with Crippen LogP contribution in [0.5, 0.6) is 0 Å². The van der Waals surface area contributed by atoms with Crippen LogP contribution in [-0.2, 0) is 10.0 Å². The van der Waals surface area contributed by atoms with Gasteiger partial charge in [-0.05, 0) is 18.2 Å². The van der Waals surface area contributed by atoms with Gasteiger partial charge in [-0.1, -0.05) is 18.2 Å². The van der Waals surface area contributed by atoms with Crippen LogP contribution in [0.2, 0.25) is 0 Å². The van der Waals surface area contributed by atoms with E-state index in [9.17, 15) is 8.42 Å². The summed E-state index contributed by atoms with van der Waals surface area (Å²) in [7, 11) is -3.18. The minimum atomic E-state index is -3.18. The molecule has 0 unspecified atom stereocenters. The predicted molar refractivity (Wildman–Crippen MR) is 90.8 cm³/mol. The van der Waals surface area contributed by atoms with Crippen molar-refractivity contribution in [3.05, 3.63) is 42.7 Å². The van der Waals surface area contributed by atoms with Gasteiger partial charge in [-0.3, -0.25) is 0 Å². The Morgan fingerprint density at radius 3 is 2.74 bits per heavy atom. The van der Waals surface area contributed by atoms with Crippen LogP contribution in [0.25, 0.3) is 22.5 Å². The highest BCUT2D eigenvalue weighted by Gasteiger charge is 2.11. The summed E-state index contributed by atoms with van der Waals surface area (Å²) < 4.78 is 30.1. The van der Waals surface area contributed by atoms with Crippen LogP contribution in [0.1, 0.15) is 0 Å². The van der Waals surface area contributed by atoms with Crippen LogP contribution in [0.3, 0.4) is 0 Å². The van der Waals surface area contributed by atoms with E-state index in [1.54, 1.807) is 12.3 Å². The maximum absolute atomic E-state index is 11.1. The number of benzene rings is 1. The molecule has 0 aliphatic rings. The molecule has 0 saturated carbocycles. The Morgan fingerprint density at radius 1 is 1.17 bits per heavy atom. The molecule has 0 atom stereocenters. The monoisotopic (exact) mass is 349 g/mol. The Hall–Kier alpha value is -1.90. The third-order valence-corrected chi connectivity index (χ3v) is 4.74. The van der Waals surface area contributed by atoms with Crippen LogP contribution in [-0.4, -0.2) is 36.9 Å². The van der Waals surface area contributed by atoms with Gasteiger partial charge in [-0.25, -0.2) is 23.1 Å². The SMILES string of the molecule is CS(=O)(=O)NCCSc1nc(-c2ccco2)nc2ccccc12. The summed E-state index contributed by atoms with van der Waals surface area (Å²) in [6.45, 7) is 0.345. The highest BCUT2D eigenvalue weighted by Crippen LogP contribution is 2.28. The summed E-state index contributed by atoms with van der Waals surface area (Å²) in [5, 5.41) is 1.74. The van der Waals surface area contributed by atoms with Gasteiger partial charge in [0, 0.05) is 17.7 Å². The van der Waals surface area contributed by atoms with Gasteiger partial charge in [0.15, 0.2) is 11.6 Å². The van der Waals surface area contributed by atoms with Gasteiger partial charge in [0.1, 0.15) is 5.03 Å². The van der Waals surface area contributed by atoms with Gasteiger partial charge in [-0.2, -0.15) is 0 Å². The molecular weight excluding hydrogens is 334 g/mol. The minimum Gasteiger partial charge on any atom is -0.461 e. The molecule has 6 nitrogen and oxygen atoms in total. The average Bonchev–Trinajstić information content (AvgIpc) is 3.04. The fourth-order valence-corrected chi connectivity index (χ4v) is 3.53. The Balaban J connectivity index is 1.88. The zero-order valence-electron chi connectivity index (χ0n) is 12.4. The van der Waals surface area contributed by atoms with Crippen LogP contribution >= 0.6 is 11.8 Å². The quantitative estimate of drug-likeness (QED) is 0.418. The molecule has 3 aromatic rings. The molecule has 0 fully saturated rings. The molecule has 2 heterocycles. The molecule has 1 aromatic carbocycles. The number of aromatic nitrogens is 2. The molecule has 1 N–H and O–H groups in total. The van der Waals surface area contributed by atoms with E-state index < -0.39 is 10.0 Å². The molecular formula is C15H15N3O3S2. The molecule has 3 rings (SSSR count). The van der Waals surface area contributed by atoms with E-state index in [1.165, 1.54) is 11.8 Å². The molecule has 0 saturated heterocycles. The number of hydrogen-bond donors (Lipinski definition) is 1. The fraction of sp³-hybridized carbons (Fsp3) is 0.200. The number of para-hydroxylation sites is 1. The molecule has 8 heteroatoms. The first-order valence-corrected chi connectivity index (χ1v) is 9.79. The average molecular weight is 349 g/mol. The fourth-order valence-electron chi connectivity index (χ4n) is 2.05. The lowest BCUT2D eigenvalue weighted by atomic mass is 10.2. The van der Waals surface area contributed by atoms with Gasteiger partial charge < -0.3 is 4.42 Å². The lowest BCUT2D eigenvalue weighted by molar-refractivity contribution is 0.577. The van der Waals surface area contributed by atoms with Crippen LogP contribution in [0, 0.1) is 0 Å². The first-order chi connectivity index (χ1) is 11.0. The second-order valence-electron chi connectivity index (χ2n) is 4.86. The van der Waals surface area contributed by atoms with E-state index in [1.807, 2.05) is 30.3 Å². The molecule has 0 bridgehead atoms. The molecule has 2 aromatic heterocycles. The highest BCUT2D eigenvalue weighted by atomic mass is 32.2. The number of fused-ring (bicyclic) bond motifs is 1. The summed E-state index contributed by atoms with van der Waals surface area (Å²) in [6, 6.07) is 11.3. The smallest absolute Gasteiger partial charge is 0.208 e. The van der Waals surface area contributed by atoms with Crippen LogP contribution in [0.4, 0.5) is 0 Å². The number of hydrogen-bond acceptors (Lipinski definition) is 6. The van der Waals surface area contributed by atoms with Gasteiger partial charge in [-0.15, -0.1) is 11.8 Å². The Bertz CT molecular complexity index is 909. The molecule has 0 aliphatic heterocycles. The van der Waals surface area contributed by atoms with E-state index in [0.717, 1.165) is 22.2 Å². The maximum atomic E-state index is 11.1. The standard InChI is InChI=1S/C15H15N3O3S2/c1-23(19,20)16-8-10-22-15-11-5-2-3-6-12(11)17-14(18-15)13-7-4-9-21-13/h2-7,9,16H,8,10H2,1H3. The molecule has 120 valence electrons. The summed E-state index contributed by atoms with van der Waals surface area (Å²) in [6.07, 6.45) is 2.73. The molecule has 0 spiro atoms. The van der Waals surface area contributed by atoms with Crippen molar-refractivity contribution in [3.63, 3.8) is 0 Å². The van der Waals surface area contributed by atoms with Crippen molar-refractivity contribution in [1.29, 1.82) is 0 Å². The van der Waals surface area contributed by atoms with Crippen molar-refractivity contribution in [2.24, 2.45) is 0 Å². The zero-order chi connectivity index (χ0) is 16.3. The Morgan fingerprint density at radius 2 is 2.00 bits per heavy atom. The Labute approximate surface area is 138 Å². The van der Waals surface area contributed by atoms with Crippen molar-refractivity contribution in [3.8, 4) is 11.6 Å². The first-order valence-electron chi connectivity index (χ1n) is 6.91. The van der Waals surface area contributed by atoms with Crippen molar-refractivity contribution in [1.82, 2.24) is 14.7 Å². The third kappa shape index (κ3) is 4.10. The van der Waals surface area contributed by atoms with Gasteiger partial charge in [0.2, 0.25) is 10.0 Å². The van der Waals surface area contributed by atoms with Crippen molar-refractivity contribution in [2.45, 2.75) is 5.03 Å². The van der Waals surface area contributed by atoms with E-state index in [2.05, 4.69) is 14.7 Å². The number of sulfonamides is 1. The van der Waals surface area contributed by atoms with E-state index >= 15 is 0 Å². The van der Waals surface area contributed by atoms with Crippen molar-refractivity contribution < 1.29 is 12.8 Å². The third-order valence-electron chi connectivity index (χ3n) is 3.01. The summed E-state index contributed by atoms with van der Waals surface area (Å²) in [4.78, 5) is 9.07. The summed E-state index contributed by atoms with van der Waals surface area (Å²) >= 11 is 1.48. The van der Waals surface area contributed by atoms with Crippen molar-refractivity contribution in [2.75, 3.05) is 18.6 Å². The zero-order valence-corrected chi connectivity index (χ0v) is 14.0. The topological polar surface area (TPSA) is 85.1 Å². The molecule has 23 heavy (non-hydrogen) atoms. The second kappa shape index (κ2) is 6.69. The second-order valence-corrected chi connectivity index (χ2v) is 7.78. The largest absolute Gasteiger partial charge is 0.461 e. The normalized spacial score (nSPS) is 11.9. The van der Waals surface area contributed by atoms with Gasteiger partial charge >= 0.3 is 0 Å². The van der Waals surface area contributed by atoms with E-state index in [-0.39, 0.29) is 0 Å². The van der Waals surface area contributed by atoms with Crippen LogP contribution < -0.4 is 4.72 Å². The lowest BCUT2D eigenvalue weighted by Gasteiger charge is -2.07. The highest BCUT2D eigenvalue weighted by molar-refractivity contribution is 7.99. The van der Waals surface area contributed by atoms with E-state index in [4.69, 9.17) is 4.42 Å². The van der Waals surface area contributed by atoms with Gasteiger partial charge in [0.05, 0.1) is 18.0 Å². The van der Waals surface area contributed by atoms with Crippen LogP contribution in [0.15, 0.2) is 52.1 Å². The number of thioether (sulfide) groups is 1. The molecule has 0 amide bonds. The van der Waals surface area contributed by atoms with E-state index in [0.29, 0.717) is 23.9 Å². The maximum Gasteiger partial charge on any atom is 0.208 e. The number of nitrogens with one attached hydrogen (secondary N) is 1. The number of nitrogens with zero attached hydrogens (tertiary/aromatic N) is 2. The number of furan rings is 1. The number of rotatable bonds is 6. The summed E-state index contributed by atoms with van der Waals surface area (Å²) in [5.41, 5.74) is 0.826. The first kappa shape index (κ1) is 16.0. The van der Waals surface area contributed by atoms with Crippen molar-refractivity contribution >= 4 is 32.7 Å². The molecule has 0 radical (unpaired) electrons. The Kier molecular flexibility index (Phi) is 4.65. The minimum absolute atomic E-state index is 0.345. The lowest BCUT2D eigenvalue weighted by Crippen LogP contribution is -2.24.